The zero-order valence-electron chi connectivity index (χ0n) is 23.8. The van der Waals surface area contributed by atoms with Gasteiger partial charge in [0, 0.05) is 0 Å². The monoisotopic (exact) mass is 750 g/mol. The third-order valence-corrected chi connectivity index (χ3v) is 7.60. The molecule has 0 N–H and O–H groups in total. The summed E-state index contributed by atoms with van der Waals surface area (Å²) in [6, 6.07) is 30.5. The van der Waals surface area contributed by atoms with Crippen molar-refractivity contribution in [1.82, 2.24) is 0 Å². The predicted molar refractivity (Wildman–Crippen MR) is 150 cm³/mol. The van der Waals surface area contributed by atoms with Gasteiger partial charge in [0.05, 0.1) is 0 Å². The van der Waals surface area contributed by atoms with Gasteiger partial charge in [-0.25, -0.2) is 12.1 Å². The van der Waals surface area contributed by atoms with Crippen molar-refractivity contribution in [3.8, 4) is 11.1 Å². The third-order valence-electron chi connectivity index (χ3n) is 6.40. The van der Waals surface area contributed by atoms with Gasteiger partial charge in [-0.05, 0) is 28.4 Å². The largest absolute Gasteiger partial charge is 1.00 e. The van der Waals surface area contributed by atoms with Crippen molar-refractivity contribution in [2.45, 2.75) is 65.0 Å². The Hall–Kier alpha value is -1.88. The average Bonchev–Trinajstić information content (AvgIpc) is 3.54. The molecule has 0 bridgehead atoms. The standard InChI is InChI=1S/C21H25.C8H5F3.C5H5.2ClH.Hf/c1-20(2,3)16-7-9-18-14(12-16)11-15-13-17(21(4,5)6)8-10-19(15)18;1-6-3-2-4-7(5-6)8(9,10)11;1-2-4-5-3-1;;;/h7-10,12H,11H2,1-6H3;1-5H;1-5H;2*1H;/q-1;;-1;;;+2/p-2. The van der Waals surface area contributed by atoms with Crippen molar-refractivity contribution in [2.75, 3.05) is 0 Å². The van der Waals surface area contributed by atoms with Crippen LogP contribution >= 0.6 is 0 Å². The molecular weight excluding hydrogens is 715 g/mol. The summed E-state index contributed by atoms with van der Waals surface area (Å²) in [7, 11) is 0. The summed E-state index contributed by atoms with van der Waals surface area (Å²) in [4.78, 5) is 0. The van der Waals surface area contributed by atoms with Crippen LogP contribution in [0.5, 0.6) is 0 Å². The van der Waals surface area contributed by atoms with Crippen LogP contribution < -0.4 is 24.8 Å². The van der Waals surface area contributed by atoms with Crippen LogP contribution in [0.2, 0.25) is 0 Å². The van der Waals surface area contributed by atoms with E-state index in [1.54, 1.807) is 9.82 Å². The van der Waals surface area contributed by atoms with E-state index in [2.05, 4.69) is 77.9 Å². The topological polar surface area (TPSA) is 0 Å². The molecule has 4 aromatic carbocycles. The maximum atomic E-state index is 12.1. The van der Waals surface area contributed by atoms with Crippen LogP contribution in [0, 0.1) is 6.07 Å². The van der Waals surface area contributed by atoms with Crippen LogP contribution in [0.1, 0.15) is 74.9 Å². The van der Waals surface area contributed by atoms with E-state index in [1.807, 2.05) is 30.3 Å². The van der Waals surface area contributed by atoms with Crippen molar-refractivity contribution in [2.24, 2.45) is 0 Å². The fraction of sp³-hybridized carbons (Fsp3) is 0.294. The van der Waals surface area contributed by atoms with Gasteiger partial charge in [0.2, 0.25) is 0 Å². The van der Waals surface area contributed by atoms with E-state index in [1.165, 1.54) is 39.4 Å². The molecule has 0 fully saturated rings. The summed E-state index contributed by atoms with van der Waals surface area (Å²) < 4.78 is 38.1. The van der Waals surface area contributed by atoms with Crippen molar-refractivity contribution < 1.29 is 61.9 Å². The van der Waals surface area contributed by atoms with Crippen LogP contribution in [0.4, 0.5) is 13.2 Å². The van der Waals surface area contributed by atoms with E-state index in [4.69, 9.17) is 0 Å². The Morgan fingerprint density at radius 2 is 1.38 bits per heavy atom. The Morgan fingerprint density at radius 3 is 1.88 bits per heavy atom. The first-order chi connectivity index (χ1) is 17.7. The Bertz CT molecular complexity index is 1280. The molecule has 0 aliphatic heterocycles. The number of rotatable bonds is 1. The van der Waals surface area contributed by atoms with E-state index in [-0.39, 0.29) is 35.6 Å². The van der Waals surface area contributed by atoms with Crippen LogP contribution in [0.15, 0.2) is 84.9 Å². The van der Waals surface area contributed by atoms with E-state index in [0.29, 0.717) is 5.56 Å². The van der Waals surface area contributed by atoms with Gasteiger partial charge in [0.1, 0.15) is 0 Å². The van der Waals surface area contributed by atoms with Gasteiger partial charge in [-0.2, -0.15) is 42.0 Å². The first kappa shape index (κ1) is 36.1. The molecule has 0 heterocycles. The molecule has 0 radical (unpaired) electrons. The Balaban J connectivity index is 0.000000356. The minimum Gasteiger partial charge on any atom is -1.00 e. The molecule has 1 aliphatic carbocycles. The van der Waals surface area contributed by atoms with Gasteiger partial charge in [-0.15, -0.1) is 11.1 Å². The van der Waals surface area contributed by atoms with Gasteiger partial charge in [0.25, 0.3) is 0 Å². The first-order valence-corrected chi connectivity index (χ1v) is 14.8. The van der Waals surface area contributed by atoms with Gasteiger partial charge < -0.3 is 24.8 Å². The van der Waals surface area contributed by atoms with Crippen LogP contribution in [-0.4, -0.2) is 3.76 Å². The Kier molecular flexibility index (Phi) is 13.4. The van der Waals surface area contributed by atoms with Gasteiger partial charge >= 0.3 is 82.4 Å². The van der Waals surface area contributed by atoms with Gasteiger partial charge in [0.15, 0.2) is 0 Å². The Morgan fingerprint density at radius 1 is 0.750 bits per heavy atom. The molecule has 212 valence electrons. The molecule has 0 nitrogen and oxygen atoms in total. The number of benzene rings is 3. The maximum Gasteiger partial charge on any atom is -0.172 e. The molecule has 1 aliphatic rings. The summed E-state index contributed by atoms with van der Waals surface area (Å²) >= 11 is 0.769. The molecule has 5 rings (SSSR count). The van der Waals surface area contributed by atoms with Crippen molar-refractivity contribution in [3.05, 3.63) is 124 Å². The fourth-order valence-corrected chi connectivity index (χ4v) is 4.80. The Labute approximate surface area is 264 Å². The summed E-state index contributed by atoms with van der Waals surface area (Å²) in [6.07, 6.45) is -3.20. The average molecular weight is 750 g/mol. The number of hydrogen-bond donors (Lipinski definition) is 0. The minimum atomic E-state index is -4.22. The fourth-order valence-electron chi connectivity index (χ4n) is 4.15. The van der Waals surface area contributed by atoms with E-state index < -0.39 is 11.7 Å². The zero-order valence-corrected chi connectivity index (χ0v) is 28.9. The molecule has 4 aromatic rings. The molecular formula is C34H35Cl2F3Hf-2. The number of hydrogen-bond acceptors (Lipinski definition) is 0. The van der Waals surface area contributed by atoms with Gasteiger partial charge in [-0.1, -0.05) is 65.3 Å². The summed E-state index contributed by atoms with van der Waals surface area (Å²) in [6.45, 7) is 13.6. The number of alkyl halides is 3. The van der Waals surface area contributed by atoms with Crippen molar-refractivity contribution in [1.29, 1.82) is 0 Å². The molecule has 0 spiro atoms. The quantitative estimate of drug-likeness (QED) is 0.182. The smallest absolute Gasteiger partial charge is 0.172 e. The normalized spacial score (nSPS) is 11.8. The molecule has 40 heavy (non-hydrogen) atoms. The van der Waals surface area contributed by atoms with E-state index in [0.717, 1.165) is 42.4 Å². The second-order valence-corrected chi connectivity index (χ2v) is 12.6. The number of fused-ring (bicyclic) bond motifs is 3. The SMILES string of the molecule is CC(C)(C)c1[c-]c2c(cc1)-c1ccc(C(C)(C)C)cc1C2.FC(F)(F)c1cccc([CH]=[Hf+2])c1.[Cl-].[Cl-].c1cc[cH-]c1. The molecule has 0 saturated carbocycles. The van der Waals surface area contributed by atoms with E-state index >= 15 is 0 Å². The molecule has 0 amide bonds. The molecule has 0 saturated heterocycles. The van der Waals surface area contributed by atoms with E-state index in [9.17, 15) is 13.2 Å². The second kappa shape index (κ2) is 14.8. The maximum absolute atomic E-state index is 12.1. The van der Waals surface area contributed by atoms with Crippen molar-refractivity contribution in [3.63, 3.8) is 0 Å². The summed E-state index contributed by atoms with van der Waals surface area (Å²) in [5.74, 6) is 0. The second-order valence-electron chi connectivity index (χ2n) is 11.5. The summed E-state index contributed by atoms with van der Waals surface area (Å²) in [5, 5.41) is 0. The zero-order chi connectivity index (χ0) is 28.1. The van der Waals surface area contributed by atoms with Crippen LogP contribution in [0.25, 0.3) is 11.1 Å². The predicted octanol–water partition coefficient (Wildman–Crippen LogP) is 3.47. The van der Waals surface area contributed by atoms with Crippen LogP contribution in [-0.2, 0) is 47.3 Å². The first-order valence-electron chi connectivity index (χ1n) is 12.7. The molecule has 0 unspecified atom stereocenters. The molecule has 0 atom stereocenters. The third kappa shape index (κ3) is 9.89. The molecule has 0 aromatic heterocycles. The summed E-state index contributed by atoms with van der Waals surface area (Å²) in [5.41, 5.74) is 8.78. The minimum absolute atomic E-state index is 0. The van der Waals surface area contributed by atoms with Crippen molar-refractivity contribution >= 4 is 3.76 Å². The molecule has 6 heteroatoms. The van der Waals surface area contributed by atoms with Gasteiger partial charge in [-0.3, -0.25) is 0 Å². The number of halogens is 5. The van der Waals surface area contributed by atoms with Crippen LogP contribution in [0.3, 0.4) is 0 Å².